The van der Waals surface area contributed by atoms with Crippen LogP contribution in [0.4, 0.5) is 5.69 Å². The quantitative estimate of drug-likeness (QED) is 0.729. The van der Waals surface area contributed by atoms with Crippen LogP contribution in [0.25, 0.3) is 0 Å². The zero-order chi connectivity index (χ0) is 22.8. The fraction of sp³-hybridized carbons (Fsp3) is 0.333. The number of hydrogen-bond acceptors (Lipinski definition) is 6. The van der Waals surface area contributed by atoms with Crippen LogP contribution in [0.2, 0.25) is 0 Å². The molecule has 3 rings (SSSR count). The van der Waals surface area contributed by atoms with Crippen molar-refractivity contribution in [2.75, 3.05) is 30.3 Å². The molecule has 1 N–H and O–H groups in total. The Kier molecular flexibility index (Phi) is 6.38. The van der Waals surface area contributed by atoms with E-state index in [0.717, 1.165) is 30.9 Å². The van der Waals surface area contributed by atoms with Crippen molar-refractivity contribution in [3.63, 3.8) is 0 Å². The van der Waals surface area contributed by atoms with Crippen molar-refractivity contribution in [1.29, 1.82) is 5.26 Å². The predicted molar refractivity (Wildman–Crippen MR) is 117 cm³/mol. The van der Waals surface area contributed by atoms with E-state index < -0.39 is 19.9 Å². The van der Waals surface area contributed by atoms with Crippen LogP contribution in [-0.4, -0.2) is 53.2 Å². The highest BCUT2D eigenvalue weighted by molar-refractivity contribution is 7.92. The summed E-state index contributed by atoms with van der Waals surface area (Å²) < 4.78 is 49.5. The standard InChI is InChI=1S/C21H23N3O5S2/c1-30(26,27)20-8-7-18(13-19(20)23-31(2,28)29)21(25)24-11-9-17(10-12-24)16-5-3-15(14-22)4-6-16/h3-8,13,17,23H,9-12H2,1-2H3. The second-order valence-corrected chi connectivity index (χ2v) is 11.4. The zero-order valence-electron chi connectivity index (χ0n) is 17.2. The number of benzene rings is 2. The smallest absolute Gasteiger partial charge is 0.253 e. The van der Waals surface area contributed by atoms with Gasteiger partial charge in [0.1, 0.15) is 0 Å². The van der Waals surface area contributed by atoms with Gasteiger partial charge < -0.3 is 4.90 Å². The number of piperidine rings is 1. The van der Waals surface area contributed by atoms with Gasteiger partial charge in [0, 0.05) is 24.9 Å². The van der Waals surface area contributed by atoms with E-state index >= 15 is 0 Å². The molecule has 164 valence electrons. The van der Waals surface area contributed by atoms with Crippen LogP contribution in [0, 0.1) is 11.3 Å². The maximum atomic E-state index is 13.0. The predicted octanol–water partition coefficient (Wildman–Crippen LogP) is 2.35. The molecule has 1 heterocycles. The van der Waals surface area contributed by atoms with E-state index in [1.165, 1.54) is 18.2 Å². The summed E-state index contributed by atoms with van der Waals surface area (Å²) in [7, 11) is -7.42. The summed E-state index contributed by atoms with van der Waals surface area (Å²) in [5.74, 6) is 0.00162. The number of carbonyl (C=O) groups is 1. The van der Waals surface area contributed by atoms with Crippen molar-refractivity contribution >= 4 is 31.5 Å². The molecule has 0 saturated carbocycles. The molecule has 1 aliphatic heterocycles. The number of anilines is 1. The molecule has 1 fully saturated rings. The number of nitriles is 1. The van der Waals surface area contributed by atoms with E-state index in [0.29, 0.717) is 18.7 Å². The fourth-order valence-corrected chi connectivity index (χ4v) is 5.15. The van der Waals surface area contributed by atoms with Crippen LogP contribution in [0.5, 0.6) is 0 Å². The third-order valence-corrected chi connectivity index (χ3v) is 6.96. The normalized spacial score (nSPS) is 15.3. The lowest BCUT2D eigenvalue weighted by Gasteiger charge is -2.32. The van der Waals surface area contributed by atoms with Gasteiger partial charge in [-0.2, -0.15) is 5.26 Å². The van der Waals surface area contributed by atoms with Crippen molar-refractivity contribution in [1.82, 2.24) is 4.90 Å². The number of nitrogens with one attached hydrogen (secondary N) is 1. The molecule has 0 bridgehead atoms. The van der Waals surface area contributed by atoms with E-state index in [-0.39, 0.29) is 28.0 Å². The first-order valence-corrected chi connectivity index (χ1v) is 13.4. The molecule has 0 unspecified atom stereocenters. The van der Waals surface area contributed by atoms with Gasteiger partial charge in [-0.15, -0.1) is 0 Å². The number of nitrogens with zero attached hydrogens (tertiary/aromatic N) is 2. The van der Waals surface area contributed by atoms with Crippen LogP contribution in [-0.2, 0) is 19.9 Å². The van der Waals surface area contributed by atoms with Crippen LogP contribution in [0.3, 0.4) is 0 Å². The zero-order valence-corrected chi connectivity index (χ0v) is 18.8. The molecule has 0 aromatic heterocycles. The number of carbonyl (C=O) groups excluding carboxylic acids is 1. The first-order valence-electron chi connectivity index (χ1n) is 9.59. The van der Waals surface area contributed by atoms with E-state index in [4.69, 9.17) is 5.26 Å². The van der Waals surface area contributed by atoms with Crippen molar-refractivity contribution in [2.45, 2.75) is 23.7 Å². The Morgan fingerprint density at radius 1 is 1.03 bits per heavy atom. The van der Waals surface area contributed by atoms with Gasteiger partial charge in [-0.05, 0) is 54.7 Å². The van der Waals surface area contributed by atoms with Crippen LogP contribution < -0.4 is 4.72 Å². The van der Waals surface area contributed by atoms with Gasteiger partial charge in [0.2, 0.25) is 10.0 Å². The minimum atomic E-state index is -3.73. The number of likely N-dealkylation sites (tertiary alicyclic amines) is 1. The summed E-state index contributed by atoms with van der Waals surface area (Å²) in [4.78, 5) is 14.5. The Bertz CT molecular complexity index is 1240. The first-order chi connectivity index (χ1) is 14.5. The number of amides is 1. The van der Waals surface area contributed by atoms with Crippen molar-refractivity contribution < 1.29 is 21.6 Å². The third kappa shape index (κ3) is 5.62. The van der Waals surface area contributed by atoms with Gasteiger partial charge in [0.05, 0.1) is 28.5 Å². The molecule has 0 atom stereocenters. The lowest BCUT2D eigenvalue weighted by Crippen LogP contribution is -2.38. The Morgan fingerprint density at radius 2 is 1.65 bits per heavy atom. The molecule has 31 heavy (non-hydrogen) atoms. The van der Waals surface area contributed by atoms with Crippen molar-refractivity contribution in [3.8, 4) is 6.07 Å². The van der Waals surface area contributed by atoms with Gasteiger partial charge in [-0.3, -0.25) is 9.52 Å². The SMILES string of the molecule is CS(=O)(=O)Nc1cc(C(=O)N2CCC(c3ccc(C#N)cc3)CC2)ccc1S(C)(=O)=O. The van der Waals surface area contributed by atoms with Gasteiger partial charge >= 0.3 is 0 Å². The molecule has 1 amide bonds. The highest BCUT2D eigenvalue weighted by atomic mass is 32.2. The first kappa shape index (κ1) is 22.8. The molecule has 0 spiro atoms. The minimum absolute atomic E-state index is 0.136. The van der Waals surface area contributed by atoms with Gasteiger partial charge in [-0.1, -0.05) is 12.1 Å². The van der Waals surface area contributed by atoms with Gasteiger partial charge in [0.15, 0.2) is 9.84 Å². The van der Waals surface area contributed by atoms with Crippen LogP contribution in [0.15, 0.2) is 47.4 Å². The Labute approximate surface area is 182 Å². The summed E-state index contributed by atoms with van der Waals surface area (Å²) >= 11 is 0. The molecule has 8 nitrogen and oxygen atoms in total. The molecule has 2 aromatic rings. The van der Waals surface area contributed by atoms with Crippen LogP contribution >= 0.6 is 0 Å². The van der Waals surface area contributed by atoms with Crippen LogP contribution in [0.1, 0.15) is 40.2 Å². The number of hydrogen-bond donors (Lipinski definition) is 1. The minimum Gasteiger partial charge on any atom is -0.339 e. The fourth-order valence-electron chi connectivity index (χ4n) is 3.69. The van der Waals surface area contributed by atoms with E-state index in [1.807, 2.05) is 12.1 Å². The summed E-state index contributed by atoms with van der Waals surface area (Å²) in [5.41, 5.74) is 1.81. The van der Waals surface area contributed by atoms with E-state index in [1.54, 1.807) is 17.0 Å². The molecule has 1 aliphatic rings. The Hall–Kier alpha value is -2.90. The Morgan fingerprint density at radius 3 is 2.16 bits per heavy atom. The monoisotopic (exact) mass is 461 g/mol. The maximum absolute atomic E-state index is 13.0. The maximum Gasteiger partial charge on any atom is 0.253 e. The number of rotatable bonds is 5. The molecular formula is C21H23N3O5S2. The average molecular weight is 462 g/mol. The summed E-state index contributed by atoms with van der Waals surface area (Å²) in [6, 6.07) is 13.5. The van der Waals surface area contributed by atoms with E-state index in [9.17, 15) is 21.6 Å². The second-order valence-electron chi connectivity index (χ2n) is 7.66. The van der Waals surface area contributed by atoms with Crippen molar-refractivity contribution in [3.05, 3.63) is 59.2 Å². The van der Waals surface area contributed by atoms with E-state index in [2.05, 4.69) is 10.8 Å². The number of sulfonamides is 1. The average Bonchev–Trinajstić information content (AvgIpc) is 2.71. The Balaban J connectivity index is 1.77. The second kappa shape index (κ2) is 8.69. The molecule has 10 heteroatoms. The topological polar surface area (TPSA) is 124 Å². The largest absolute Gasteiger partial charge is 0.339 e. The third-order valence-electron chi connectivity index (χ3n) is 5.21. The molecule has 0 radical (unpaired) electrons. The highest BCUT2D eigenvalue weighted by Gasteiger charge is 2.26. The molecule has 2 aromatic carbocycles. The molecule has 1 saturated heterocycles. The summed E-state index contributed by atoms with van der Waals surface area (Å²) in [5, 5.41) is 8.92. The molecule has 0 aliphatic carbocycles. The van der Waals surface area contributed by atoms with Crippen molar-refractivity contribution in [2.24, 2.45) is 0 Å². The molecular weight excluding hydrogens is 438 g/mol. The highest BCUT2D eigenvalue weighted by Crippen LogP contribution is 2.30. The summed E-state index contributed by atoms with van der Waals surface area (Å²) in [6.07, 6.45) is 3.41. The van der Waals surface area contributed by atoms with Gasteiger partial charge in [0.25, 0.3) is 5.91 Å². The lowest BCUT2D eigenvalue weighted by molar-refractivity contribution is 0.0713. The number of sulfone groups is 1. The lowest BCUT2D eigenvalue weighted by atomic mass is 9.89. The summed E-state index contributed by atoms with van der Waals surface area (Å²) in [6.45, 7) is 1.04. The van der Waals surface area contributed by atoms with Gasteiger partial charge in [-0.25, -0.2) is 16.8 Å².